The van der Waals surface area contributed by atoms with Crippen LogP contribution in [0.2, 0.25) is 0 Å². The first-order valence-corrected chi connectivity index (χ1v) is 7.46. The highest BCUT2D eigenvalue weighted by molar-refractivity contribution is 7.09. The molecular formula is C16H16N2O2S. The fourth-order valence-corrected chi connectivity index (χ4v) is 2.37. The van der Waals surface area contributed by atoms with E-state index in [2.05, 4.69) is 22.1 Å². The molecule has 1 amide bonds. The van der Waals surface area contributed by atoms with E-state index in [0.29, 0.717) is 24.1 Å². The minimum atomic E-state index is -0.172. The molecule has 2 N–H and O–H groups in total. The lowest BCUT2D eigenvalue weighted by atomic mass is 10.1. The zero-order chi connectivity index (χ0) is 15.1. The molecule has 108 valence electrons. The molecule has 0 radical (unpaired) electrons. The maximum absolute atomic E-state index is 12.2. The molecule has 1 aromatic carbocycles. The topological polar surface area (TPSA) is 62.2 Å². The number of amides is 1. The lowest BCUT2D eigenvalue weighted by Gasteiger charge is -2.05. The number of benzene rings is 1. The van der Waals surface area contributed by atoms with E-state index >= 15 is 0 Å². The first-order valence-electron chi connectivity index (χ1n) is 6.58. The Bertz CT molecular complexity index is 683. The zero-order valence-electron chi connectivity index (χ0n) is 11.7. The van der Waals surface area contributed by atoms with Crippen molar-refractivity contribution in [2.45, 2.75) is 19.9 Å². The van der Waals surface area contributed by atoms with Gasteiger partial charge < -0.3 is 10.4 Å². The van der Waals surface area contributed by atoms with Crippen molar-refractivity contribution in [2.24, 2.45) is 0 Å². The number of hydrogen-bond acceptors (Lipinski definition) is 4. The molecule has 0 spiro atoms. The molecule has 21 heavy (non-hydrogen) atoms. The molecule has 0 aliphatic heterocycles. The third kappa shape index (κ3) is 4.42. The molecule has 4 nitrogen and oxygen atoms in total. The Labute approximate surface area is 127 Å². The molecule has 0 unspecified atom stereocenters. The zero-order valence-corrected chi connectivity index (χ0v) is 12.5. The summed E-state index contributed by atoms with van der Waals surface area (Å²) in [4.78, 5) is 16.5. The Kier molecular flexibility index (Phi) is 5.50. The molecule has 0 saturated heterocycles. The normalized spacial score (nSPS) is 9.81. The second-order valence-electron chi connectivity index (χ2n) is 4.36. The van der Waals surface area contributed by atoms with Gasteiger partial charge in [-0.05, 0) is 19.1 Å². The minimum Gasteiger partial charge on any atom is -0.395 e. The quantitative estimate of drug-likeness (QED) is 0.850. The van der Waals surface area contributed by atoms with Crippen molar-refractivity contribution < 1.29 is 9.90 Å². The smallest absolute Gasteiger partial charge is 0.252 e. The molecule has 1 heterocycles. The third-order valence-electron chi connectivity index (χ3n) is 2.73. The highest BCUT2D eigenvalue weighted by Gasteiger charge is 2.09. The summed E-state index contributed by atoms with van der Waals surface area (Å²) in [5.41, 5.74) is 2.06. The number of aryl methyl sites for hydroxylation is 1. The van der Waals surface area contributed by atoms with Crippen molar-refractivity contribution in [1.82, 2.24) is 10.3 Å². The van der Waals surface area contributed by atoms with Gasteiger partial charge in [-0.25, -0.2) is 4.98 Å². The number of carbonyl (C=O) groups excluding carboxylic acids is 1. The molecule has 0 fully saturated rings. The first kappa shape index (κ1) is 15.2. The standard InChI is InChI=1S/C16H16N2O2S/c1-12-18-14(11-21-12)10-17-16(20)15-8-3-2-6-13(15)7-4-5-9-19/h2-3,6,8,11,19H,5,9-10H2,1H3,(H,17,20). The summed E-state index contributed by atoms with van der Waals surface area (Å²) in [5, 5.41) is 14.5. The van der Waals surface area contributed by atoms with Crippen LogP contribution in [0, 0.1) is 18.8 Å². The molecule has 0 atom stereocenters. The van der Waals surface area contributed by atoms with Gasteiger partial charge in [-0.1, -0.05) is 24.0 Å². The second-order valence-corrected chi connectivity index (χ2v) is 5.42. The third-order valence-corrected chi connectivity index (χ3v) is 3.55. The van der Waals surface area contributed by atoms with Crippen molar-refractivity contribution in [3.63, 3.8) is 0 Å². The van der Waals surface area contributed by atoms with E-state index < -0.39 is 0 Å². The van der Waals surface area contributed by atoms with Gasteiger partial charge in [0.25, 0.3) is 5.91 Å². The molecule has 0 saturated carbocycles. The van der Waals surface area contributed by atoms with Gasteiger partial charge in [-0.3, -0.25) is 4.79 Å². The number of rotatable bonds is 4. The largest absolute Gasteiger partial charge is 0.395 e. The summed E-state index contributed by atoms with van der Waals surface area (Å²) in [6, 6.07) is 7.18. The molecule has 0 aliphatic carbocycles. The summed E-state index contributed by atoms with van der Waals surface area (Å²) in [6.07, 6.45) is 0.397. The van der Waals surface area contributed by atoms with Gasteiger partial charge >= 0.3 is 0 Å². The maximum atomic E-state index is 12.2. The molecule has 5 heteroatoms. The van der Waals surface area contributed by atoms with Crippen molar-refractivity contribution in [1.29, 1.82) is 0 Å². The number of carbonyl (C=O) groups is 1. The van der Waals surface area contributed by atoms with Crippen LogP contribution in [0.1, 0.15) is 33.0 Å². The average Bonchev–Trinajstić information content (AvgIpc) is 2.91. The van der Waals surface area contributed by atoms with Crippen LogP contribution in [0.5, 0.6) is 0 Å². The first-order chi connectivity index (χ1) is 10.2. The van der Waals surface area contributed by atoms with Crippen LogP contribution in [0.3, 0.4) is 0 Å². The second kappa shape index (κ2) is 7.58. The van der Waals surface area contributed by atoms with Gasteiger partial charge in [-0.2, -0.15) is 0 Å². The van der Waals surface area contributed by atoms with Gasteiger partial charge in [0.05, 0.1) is 29.4 Å². The number of aliphatic hydroxyl groups is 1. The van der Waals surface area contributed by atoms with Crippen molar-refractivity contribution in [3.05, 3.63) is 51.5 Å². The van der Waals surface area contributed by atoms with Gasteiger partial charge in [0.1, 0.15) is 0 Å². The van der Waals surface area contributed by atoms with Crippen LogP contribution in [0.25, 0.3) is 0 Å². The molecule has 0 aliphatic rings. The predicted octanol–water partition coefficient (Wildman–Crippen LogP) is 2.12. The van der Waals surface area contributed by atoms with E-state index in [0.717, 1.165) is 10.7 Å². The van der Waals surface area contributed by atoms with Gasteiger partial charge in [0.15, 0.2) is 0 Å². The van der Waals surface area contributed by atoms with Crippen LogP contribution in [-0.4, -0.2) is 22.6 Å². The number of aliphatic hydroxyl groups excluding tert-OH is 1. The highest BCUT2D eigenvalue weighted by atomic mass is 32.1. The van der Waals surface area contributed by atoms with E-state index in [9.17, 15) is 4.79 Å². The summed E-state index contributed by atoms with van der Waals surface area (Å²) in [5.74, 6) is 5.57. The monoisotopic (exact) mass is 300 g/mol. The Balaban J connectivity index is 2.07. The van der Waals surface area contributed by atoms with Crippen molar-refractivity contribution >= 4 is 17.2 Å². The van der Waals surface area contributed by atoms with E-state index in [1.807, 2.05) is 18.4 Å². The molecule has 2 rings (SSSR count). The van der Waals surface area contributed by atoms with Gasteiger partial charge in [0, 0.05) is 17.4 Å². The average molecular weight is 300 g/mol. The predicted molar refractivity (Wildman–Crippen MR) is 83.0 cm³/mol. The number of nitrogens with one attached hydrogen (secondary N) is 1. The number of thiazole rings is 1. The van der Waals surface area contributed by atoms with E-state index in [1.165, 1.54) is 0 Å². The van der Waals surface area contributed by atoms with E-state index in [4.69, 9.17) is 5.11 Å². The minimum absolute atomic E-state index is 0.0184. The molecular weight excluding hydrogens is 284 g/mol. The number of nitrogens with zero attached hydrogens (tertiary/aromatic N) is 1. The van der Waals surface area contributed by atoms with Crippen molar-refractivity contribution in [2.75, 3.05) is 6.61 Å². The lowest BCUT2D eigenvalue weighted by molar-refractivity contribution is 0.0950. The Morgan fingerprint density at radius 3 is 2.95 bits per heavy atom. The number of hydrogen-bond donors (Lipinski definition) is 2. The fraction of sp³-hybridized carbons (Fsp3) is 0.250. The molecule has 1 aromatic heterocycles. The summed E-state index contributed by atoms with van der Waals surface area (Å²) in [7, 11) is 0. The fourth-order valence-electron chi connectivity index (χ4n) is 1.76. The van der Waals surface area contributed by atoms with E-state index in [-0.39, 0.29) is 12.5 Å². The Morgan fingerprint density at radius 1 is 1.43 bits per heavy atom. The highest BCUT2D eigenvalue weighted by Crippen LogP contribution is 2.10. The summed E-state index contributed by atoms with van der Waals surface area (Å²) in [6.45, 7) is 2.36. The van der Waals surface area contributed by atoms with Crippen molar-refractivity contribution in [3.8, 4) is 11.8 Å². The Hall–Kier alpha value is -2.16. The van der Waals surface area contributed by atoms with E-state index in [1.54, 1.807) is 29.5 Å². The maximum Gasteiger partial charge on any atom is 0.252 e. The molecule has 2 aromatic rings. The van der Waals surface area contributed by atoms with Gasteiger partial charge in [-0.15, -0.1) is 11.3 Å². The van der Waals surface area contributed by atoms with Crippen LogP contribution in [0.15, 0.2) is 29.6 Å². The van der Waals surface area contributed by atoms with Crippen LogP contribution >= 0.6 is 11.3 Å². The van der Waals surface area contributed by atoms with Crippen LogP contribution in [0.4, 0.5) is 0 Å². The van der Waals surface area contributed by atoms with Gasteiger partial charge in [0.2, 0.25) is 0 Å². The summed E-state index contributed by atoms with van der Waals surface area (Å²) >= 11 is 1.56. The number of aromatic nitrogens is 1. The molecule has 0 bridgehead atoms. The Morgan fingerprint density at radius 2 is 2.24 bits per heavy atom. The van der Waals surface area contributed by atoms with Crippen LogP contribution < -0.4 is 5.32 Å². The lowest BCUT2D eigenvalue weighted by Crippen LogP contribution is -2.23. The van der Waals surface area contributed by atoms with Crippen LogP contribution in [-0.2, 0) is 6.54 Å². The SMILES string of the molecule is Cc1nc(CNC(=O)c2ccccc2C#CCCO)cs1. The summed E-state index contributed by atoms with van der Waals surface area (Å²) < 4.78 is 0.